The molecular weight excluding hydrogens is 360 g/mol. The Kier molecular flexibility index (Phi) is 6.14. The lowest BCUT2D eigenvalue weighted by Gasteiger charge is -2.41. The van der Waals surface area contributed by atoms with Gasteiger partial charge in [0.1, 0.15) is 0 Å². The molecular formula is C24H32N4O. The van der Waals surface area contributed by atoms with Crippen LogP contribution in [0.5, 0.6) is 0 Å². The molecule has 2 aliphatic heterocycles. The molecule has 0 aliphatic carbocycles. The molecule has 2 fully saturated rings. The number of benzene rings is 1. The van der Waals surface area contributed by atoms with Gasteiger partial charge < -0.3 is 15.1 Å². The molecule has 1 aromatic carbocycles. The quantitative estimate of drug-likeness (QED) is 0.752. The topological polar surface area (TPSA) is 48.5 Å². The van der Waals surface area contributed by atoms with Crippen LogP contribution in [-0.2, 0) is 0 Å². The van der Waals surface area contributed by atoms with Gasteiger partial charge in [-0.2, -0.15) is 0 Å². The average molecular weight is 393 g/mol. The van der Waals surface area contributed by atoms with E-state index in [2.05, 4.69) is 47.2 Å². The van der Waals surface area contributed by atoms with Crippen LogP contribution in [0, 0.1) is 5.92 Å². The first-order valence-corrected chi connectivity index (χ1v) is 10.9. The molecule has 3 heterocycles. The van der Waals surface area contributed by atoms with E-state index in [9.17, 15) is 4.79 Å². The molecule has 5 heteroatoms. The van der Waals surface area contributed by atoms with Gasteiger partial charge in [-0.25, -0.2) is 4.79 Å². The van der Waals surface area contributed by atoms with Crippen LogP contribution < -0.4 is 5.32 Å². The molecule has 4 rings (SSSR count). The van der Waals surface area contributed by atoms with E-state index < -0.39 is 0 Å². The minimum atomic E-state index is -0.0161. The predicted molar refractivity (Wildman–Crippen MR) is 117 cm³/mol. The summed E-state index contributed by atoms with van der Waals surface area (Å²) in [6.07, 6.45) is 6.26. The normalized spacial score (nSPS) is 18.8. The summed E-state index contributed by atoms with van der Waals surface area (Å²) >= 11 is 0. The second-order valence-electron chi connectivity index (χ2n) is 8.75. The fourth-order valence-corrected chi connectivity index (χ4v) is 4.47. The molecule has 1 aromatic heterocycles. The smallest absolute Gasteiger partial charge is 0.321 e. The largest absolute Gasteiger partial charge is 0.323 e. The highest BCUT2D eigenvalue weighted by atomic mass is 16.2. The number of aromatic nitrogens is 1. The van der Waals surface area contributed by atoms with Gasteiger partial charge in [0.15, 0.2) is 0 Å². The third-order valence-electron chi connectivity index (χ3n) is 6.27. The van der Waals surface area contributed by atoms with Crippen molar-refractivity contribution in [2.45, 2.75) is 38.5 Å². The summed E-state index contributed by atoms with van der Waals surface area (Å²) in [6, 6.07) is 12.4. The summed E-state index contributed by atoms with van der Waals surface area (Å²) in [4.78, 5) is 21.0. The highest BCUT2D eigenvalue weighted by Gasteiger charge is 2.32. The van der Waals surface area contributed by atoms with Gasteiger partial charge in [-0.3, -0.25) is 4.98 Å². The number of hydrogen-bond donors (Lipinski definition) is 1. The molecule has 2 aromatic rings. The molecule has 2 aliphatic rings. The van der Waals surface area contributed by atoms with E-state index >= 15 is 0 Å². The minimum absolute atomic E-state index is 0.0161. The van der Waals surface area contributed by atoms with Crippen molar-refractivity contribution in [1.82, 2.24) is 14.8 Å². The number of carbonyl (C=O) groups excluding carboxylic acids is 1. The second kappa shape index (κ2) is 8.95. The fraction of sp³-hybridized carbons (Fsp3) is 0.500. The maximum absolute atomic E-state index is 12.4. The fourth-order valence-electron chi connectivity index (χ4n) is 4.47. The van der Waals surface area contributed by atoms with Crippen molar-refractivity contribution in [3.05, 3.63) is 59.9 Å². The van der Waals surface area contributed by atoms with Crippen LogP contribution in [0.2, 0.25) is 0 Å². The average Bonchev–Trinajstić information content (AvgIpc) is 2.65. The molecule has 0 bridgehead atoms. The zero-order chi connectivity index (χ0) is 20.2. The lowest BCUT2D eigenvalue weighted by Crippen LogP contribution is -2.50. The van der Waals surface area contributed by atoms with Crippen molar-refractivity contribution in [3.63, 3.8) is 0 Å². The Balaban J connectivity index is 1.21. The molecule has 2 saturated heterocycles. The maximum Gasteiger partial charge on any atom is 0.321 e. The third-order valence-corrected chi connectivity index (χ3v) is 6.27. The SMILES string of the molecule is CCCC(C)CN1CC(c2ccc(NC(=O)N3CC(c4cccnc4)C3)cc2)C1. The van der Waals surface area contributed by atoms with Crippen LogP contribution in [-0.4, -0.2) is 53.5 Å². The van der Waals surface area contributed by atoms with E-state index in [0.717, 1.165) is 37.8 Å². The number of pyridine rings is 1. The Bertz CT molecular complexity index is 795. The molecule has 0 spiro atoms. The predicted octanol–water partition coefficient (Wildman–Crippen LogP) is 4.55. The van der Waals surface area contributed by atoms with Crippen molar-refractivity contribution in [1.29, 1.82) is 0 Å². The zero-order valence-corrected chi connectivity index (χ0v) is 17.6. The number of anilines is 1. The molecule has 2 amide bonds. The number of likely N-dealkylation sites (tertiary alicyclic amines) is 2. The van der Waals surface area contributed by atoms with Crippen LogP contribution in [0.3, 0.4) is 0 Å². The summed E-state index contributed by atoms with van der Waals surface area (Å²) in [5, 5.41) is 3.03. The monoisotopic (exact) mass is 392 g/mol. The molecule has 29 heavy (non-hydrogen) atoms. The van der Waals surface area contributed by atoms with E-state index in [0.29, 0.717) is 11.8 Å². The zero-order valence-electron chi connectivity index (χ0n) is 17.6. The highest BCUT2D eigenvalue weighted by Crippen LogP contribution is 2.30. The molecule has 1 atom stereocenters. The maximum atomic E-state index is 12.4. The van der Waals surface area contributed by atoms with Crippen LogP contribution >= 0.6 is 0 Å². The van der Waals surface area contributed by atoms with Gasteiger partial charge >= 0.3 is 6.03 Å². The Morgan fingerprint density at radius 3 is 2.48 bits per heavy atom. The first-order valence-electron chi connectivity index (χ1n) is 10.9. The van der Waals surface area contributed by atoms with Crippen molar-refractivity contribution in [2.24, 2.45) is 5.92 Å². The number of nitrogens with one attached hydrogen (secondary N) is 1. The molecule has 1 N–H and O–H groups in total. The van der Waals surface area contributed by atoms with E-state index in [1.165, 1.54) is 30.5 Å². The van der Waals surface area contributed by atoms with Crippen molar-refractivity contribution < 1.29 is 4.79 Å². The molecule has 0 saturated carbocycles. The van der Waals surface area contributed by atoms with Crippen LogP contribution in [0.1, 0.15) is 49.7 Å². The number of hydrogen-bond acceptors (Lipinski definition) is 3. The van der Waals surface area contributed by atoms with Crippen LogP contribution in [0.15, 0.2) is 48.8 Å². The van der Waals surface area contributed by atoms with Gasteiger partial charge in [0, 0.05) is 62.6 Å². The first-order chi connectivity index (χ1) is 14.1. The minimum Gasteiger partial charge on any atom is -0.323 e. The Labute approximate surface area is 174 Å². The van der Waals surface area contributed by atoms with Gasteiger partial charge in [-0.05, 0) is 41.7 Å². The standard InChI is InChI=1S/C24H32N4O/c1-3-5-18(2)13-27-14-21(15-27)19-7-9-23(10-8-19)26-24(29)28-16-22(17-28)20-6-4-11-25-12-20/h4,6-12,18,21-22H,3,5,13-17H2,1-2H3,(H,26,29). The summed E-state index contributed by atoms with van der Waals surface area (Å²) in [5.74, 6) is 1.82. The lowest BCUT2D eigenvalue weighted by molar-refractivity contribution is 0.125. The number of nitrogens with zero attached hydrogens (tertiary/aromatic N) is 3. The third kappa shape index (κ3) is 4.78. The summed E-state index contributed by atoms with van der Waals surface area (Å²) < 4.78 is 0. The van der Waals surface area contributed by atoms with Gasteiger partial charge in [0.2, 0.25) is 0 Å². The molecule has 5 nitrogen and oxygen atoms in total. The number of urea groups is 1. The Hall–Kier alpha value is -2.40. The highest BCUT2D eigenvalue weighted by molar-refractivity contribution is 5.90. The number of amides is 2. The number of carbonyl (C=O) groups is 1. The van der Waals surface area contributed by atoms with E-state index in [1.54, 1.807) is 6.20 Å². The summed E-state index contributed by atoms with van der Waals surface area (Å²) in [5.41, 5.74) is 3.46. The summed E-state index contributed by atoms with van der Waals surface area (Å²) in [6.45, 7) is 9.65. The van der Waals surface area contributed by atoms with E-state index in [4.69, 9.17) is 0 Å². The van der Waals surface area contributed by atoms with Gasteiger partial charge in [0.25, 0.3) is 0 Å². The Morgan fingerprint density at radius 1 is 1.10 bits per heavy atom. The second-order valence-corrected chi connectivity index (χ2v) is 8.75. The molecule has 0 radical (unpaired) electrons. The molecule has 154 valence electrons. The van der Waals surface area contributed by atoms with Crippen molar-refractivity contribution in [2.75, 3.05) is 38.0 Å². The van der Waals surface area contributed by atoms with E-state index in [1.807, 2.05) is 29.3 Å². The lowest BCUT2D eigenvalue weighted by atomic mass is 9.90. The van der Waals surface area contributed by atoms with Gasteiger partial charge in [-0.1, -0.05) is 38.5 Å². The van der Waals surface area contributed by atoms with Gasteiger partial charge in [-0.15, -0.1) is 0 Å². The van der Waals surface area contributed by atoms with Gasteiger partial charge in [0.05, 0.1) is 0 Å². The van der Waals surface area contributed by atoms with Crippen molar-refractivity contribution in [3.8, 4) is 0 Å². The van der Waals surface area contributed by atoms with Crippen LogP contribution in [0.4, 0.5) is 10.5 Å². The number of rotatable bonds is 7. The first kappa shape index (κ1) is 19.9. The van der Waals surface area contributed by atoms with Crippen molar-refractivity contribution >= 4 is 11.7 Å². The van der Waals surface area contributed by atoms with E-state index in [-0.39, 0.29) is 6.03 Å². The summed E-state index contributed by atoms with van der Waals surface area (Å²) in [7, 11) is 0. The molecule has 1 unspecified atom stereocenters. The Morgan fingerprint density at radius 2 is 1.83 bits per heavy atom. The van der Waals surface area contributed by atoms with Crippen LogP contribution in [0.25, 0.3) is 0 Å².